The predicted molar refractivity (Wildman–Crippen MR) is 277 cm³/mol. The van der Waals surface area contributed by atoms with Gasteiger partial charge in [0.2, 0.25) is 0 Å². The summed E-state index contributed by atoms with van der Waals surface area (Å²) in [4.78, 5) is 2.57. The van der Waals surface area contributed by atoms with E-state index in [-0.39, 0.29) is 5.41 Å². The minimum absolute atomic E-state index is 0.170. The van der Waals surface area contributed by atoms with Crippen LogP contribution in [0.5, 0.6) is 0 Å². The van der Waals surface area contributed by atoms with E-state index in [1.54, 1.807) is 0 Å². The largest absolute Gasteiger partial charge is 0.309 e. The number of hydrogen-bond donors (Lipinski definition) is 0. The summed E-state index contributed by atoms with van der Waals surface area (Å²) >= 11 is 0. The summed E-state index contributed by atoms with van der Waals surface area (Å²) in [5.74, 6) is 0.980. The van der Waals surface area contributed by atoms with Gasteiger partial charge in [-0.1, -0.05) is 178 Å². The molecule has 67 heavy (non-hydrogen) atoms. The highest BCUT2D eigenvalue weighted by Gasteiger charge is 2.54. The van der Waals surface area contributed by atoms with Gasteiger partial charge in [0, 0.05) is 25.0 Å². The average Bonchev–Trinajstić information content (AvgIpc) is 4.28. The van der Waals surface area contributed by atoms with E-state index in [1.165, 1.54) is 115 Å². The fourth-order valence-electron chi connectivity index (χ4n) is 15.4. The molecule has 1 nitrogen and oxygen atoms in total. The first-order chi connectivity index (χ1) is 33.7. The first-order valence-electron chi connectivity index (χ1n) is 26.4. The van der Waals surface area contributed by atoms with Crippen molar-refractivity contribution >= 4 is 17.1 Å². The van der Waals surface area contributed by atoms with E-state index in [1.807, 2.05) is 0 Å². The fraction of sp³-hybridized carbons (Fsp3) is 0.273. The molecule has 1 heteroatoms. The molecule has 15 rings (SSSR count). The summed E-state index contributed by atoms with van der Waals surface area (Å²) in [7, 11) is 0. The molecule has 7 aliphatic carbocycles. The second kappa shape index (κ2) is 14.1. The lowest BCUT2D eigenvalue weighted by Crippen LogP contribution is -2.27. The number of anilines is 3. The Morgan fingerprint density at radius 2 is 0.955 bits per heavy atom. The molecule has 0 amide bonds. The maximum atomic E-state index is 10.3. The van der Waals surface area contributed by atoms with Gasteiger partial charge in [-0.3, -0.25) is 0 Å². The van der Waals surface area contributed by atoms with E-state index in [0.717, 1.165) is 42.7 Å². The predicted octanol–water partition coefficient (Wildman–Crippen LogP) is 17.3. The Kier molecular flexibility index (Phi) is 7.69. The number of para-hydroxylation sites is 1. The fourth-order valence-corrected chi connectivity index (χ4v) is 15.4. The van der Waals surface area contributed by atoms with Crippen molar-refractivity contribution in [3.8, 4) is 44.5 Å². The zero-order chi connectivity index (χ0) is 46.0. The summed E-state index contributed by atoms with van der Waals surface area (Å²) in [6, 6.07) is 66.9. The Labute approximate surface area is 399 Å². The van der Waals surface area contributed by atoms with E-state index >= 15 is 0 Å². The Hall–Kier alpha value is -6.44. The van der Waals surface area contributed by atoms with Gasteiger partial charge in [-0.05, 0) is 176 Å². The van der Waals surface area contributed by atoms with Crippen LogP contribution in [0.3, 0.4) is 0 Å². The Balaban J connectivity index is 1.01. The normalized spacial score (nSPS) is 28.4. The van der Waals surface area contributed by atoms with Gasteiger partial charge < -0.3 is 4.90 Å². The summed E-state index contributed by atoms with van der Waals surface area (Å²) in [5, 5.41) is 0. The second-order valence-electron chi connectivity index (χ2n) is 21.8. The average molecular weight is 866 g/mol. The molecule has 0 saturated heterocycles. The van der Waals surface area contributed by atoms with Crippen LogP contribution in [0, 0.1) is 23.7 Å². The highest BCUT2D eigenvalue weighted by atomic mass is 15.1. The van der Waals surface area contributed by atoms with Crippen LogP contribution in [0.4, 0.5) is 17.1 Å². The Bertz CT molecular complexity index is 3390. The highest BCUT2D eigenvalue weighted by molar-refractivity contribution is 6.03. The lowest BCUT2D eigenvalue weighted by atomic mass is 9.69. The number of benzene rings is 8. The molecule has 0 aromatic heterocycles. The van der Waals surface area contributed by atoms with E-state index in [4.69, 9.17) is 0 Å². The molecule has 8 aromatic rings. The number of hydrogen-bond acceptors (Lipinski definition) is 1. The number of fused-ring (bicyclic) bond motifs is 17. The van der Waals surface area contributed by atoms with Crippen LogP contribution in [-0.4, -0.2) is 0 Å². The molecular formula is C66H57N. The van der Waals surface area contributed by atoms with E-state index < -0.39 is 17.2 Å². The van der Waals surface area contributed by atoms with Gasteiger partial charge in [-0.2, -0.15) is 0 Å². The minimum Gasteiger partial charge on any atom is -0.309 e. The summed E-state index contributed by atoms with van der Waals surface area (Å²) in [6.07, 6.45) is 9.15. The quantitative estimate of drug-likeness (QED) is 0.161. The first-order valence-corrected chi connectivity index (χ1v) is 25.4. The summed E-state index contributed by atoms with van der Waals surface area (Å²) in [6.45, 7) is 4.77. The van der Waals surface area contributed by atoms with Gasteiger partial charge in [0.15, 0.2) is 0 Å². The molecule has 0 radical (unpaired) electrons. The van der Waals surface area contributed by atoms with Crippen LogP contribution in [0.2, 0.25) is 0 Å². The van der Waals surface area contributed by atoms with Crippen molar-refractivity contribution in [2.75, 3.05) is 4.90 Å². The van der Waals surface area contributed by atoms with Crippen LogP contribution in [-0.2, 0) is 10.8 Å². The van der Waals surface area contributed by atoms with Crippen molar-refractivity contribution in [1.29, 1.82) is 0 Å². The second-order valence-corrected chi connectivity index (χ2v) is 21.8. The minimum atomic E-state index is -0.632. The van der Waals surface area contributed by atoms with E-state index in [9.17, 15) is 2.74 Å². The molecule has 6 atom stereocenters. The zero-order valence-corrected chi connectivity index (χ0v) is 38.7. The van der Waals surface area contributed by atoms with Crippen molar-refractivity contribution in [2.24, 2.45) is 23.7 Å². The maximum absolute atomic E-state index is 10.3. The Morgan fingerprint density at radius 1 is 0.418 bits per heavy atom. The molecule has 4 saturated carbocycles. The monoisotopic (exact) mass is 865 g/mol. The smallest absolute Gasteiger partial charge is 0.0726 e. The number of rotatable bonds is 6. The molecule has 1 spiro atoms. The zero-order valence-electron chi connectivity index (χ0n) is 40.7. The Morgan fingerprint density at radius 3 is 1.61 bits per heavy atom. The topological polar surface area (TPSA) is 3.24 Å². The molecule has 7 aliphatic rings. The van der Waals surface area contributed by atoms with E-state index in [2.05, 4.69) is 195 Å². The van der Waals surface area contributed by atoms with Gasteiger partial charge in [-0.15, -0.1) is 0 Å². The molecule has 6 unspecified atom stereocenters. The third-order valence-electron chi connectivity index (χ3n) is 18.3. The molecule has 0 aliphatic heterocycles. The third kappa shape index (κ3) is 5.27. The van der Waals surface area contributed by atoms with Gasteiger partial charge in [0.05, 0.1) is 16.8 Å². The van der Waals surface area contributed by atoms with Crippen molar-refractivity contribution in [1.82, 2.24) is 0 Å². The highest BCUT2D eigenvalue weighted by Crippen LogP contribution is 2.67. The van der Waals surface area contributed by atoms with E-state index in [0.29, 0.717) is 23.7 Å². The third-order valence-corrected chi connectivity index (χ3v) is 18.3. The van der Waals surface area contributed by atoms with Crippen LogP contribution >= 0.6 is 0 Å². The van der Waals surface area contributed by atoms with Gasteiger partial charge in [0.1, 0.15) is 0 Å². The maximum Gasteiger partial charge on any atom is 0.0726 e. The number of nitrogens with zero attached hydrogens (tertiary/aromatic N) is 1. The molecule has 8 aromatic carbocycles. The standard InChI is InChI=1S/C66H57N/c1-65(2)56-18-9-6-16-49(56)50-32-29-47(39-59(50)65)67(62-21-11-8-15-48(62)42-13-4-3-5-14-42)63-22-12-20-58-64(63)53-17-7-10-19-57(53)66(58)60-37-45(54-35-40-23-25-43(54)33-40)27-30-51(60)52-31-28-46(38-61(52)66)55-36-41-24-26-44(55)34-41/h3-22,27-32,37-41,43-44,54-55H,23-26,33-36H2,1-2H3/i54D,55D. The molecule has 4 fully saturated rings. The molecule has 326 valence electrons. The van der Waals surface area contributed by atoms with Crippen LogP contribution in [0.1, 0.15) is 124 Å². The SMILES string of the molecule is [2H]C1(c2ccc3c(c2)C2(c4cc(C5([2H])CC6CCC5C6)ccc4-3)c3ccccc3-c3c(N(c4ccc5c(c4)C(C)(C)c4ccccc4-5)c4ccccc4-c4ccccc4)cccc32)CC2CCC1C2. The van der Waals surface area contributed by atoms with Crippen molar-refractivity contribution < 1.29 is 2.74 Å². The molecule has 0 heterocycles. The van der Waals surface area contributed by atoms with Crippen molar-refractivity contribution in [3.63, 3.8) is 0 Å². The van der Waals surface area contributed by atoms with Crippen molar-refractivity contribution in [3.05, 3.63) is 220 Å². The molecule has 0 N–H and O–H groups in total. The van der Waals surface area contributed by atoms with Crippen molar-refractivity contribution in [2.45, 2.75) is 87.8 Å². The lowest BCUT2D eigenvalue weighted by molar-refractivity contribution is 0.419. The van der Waals surface area contributed by atoms with Gasteiger partial charge in [-0.25, -0.2) is 0 Å². The molecular weight excluding hydrogens is 807 g/mol. The van der Waals surface area contributed by atoms with Crippen LogP contribution in [0.25, 0.3) is 44.5 Å². The molecule has 4 bridgehead atoms. The van der Waals surface area contributed by atoms with Crippen LogP contribution in [0.15, 0.2) is 176 Å². The lowest BCUT2D eigenvalue weighted by Gasteiger charge is -2.34. The van der Waals surface area contributed by atoms with Gasteiger partial charge >= 0.3 is 0 Å². The first kappa shape index (κ1) is 36.7. The van der Waals surface area contributed by atoms with Gasteiger partial charge in [0.25, 0.3) is 0 Å². The summed E-state index contributed by atoms with van der Waals surface area (Å²) < 4.78 is 20.5. The summed E-state index contributed by atoms with van der Waals surface area (Å²) in [5.41, 5.74) is 23.0. The van der Waals surface area contributed by atoms with Crippen LogP contribution < -0.4 is 4.90 Å².